The van der Waals surface area contributed by atoms with Gasteiger partial charge in [0.25, 0.3) is 5.88 Å². The Bertz CT molecular complexity index is 1260. The number of aryl methyl sites for hydroxylation is 1. The van der Waals surface area contributed by atoms with Gasteiger partial charge in [-0.1, -0.05) is 12.1 Å². The number of nitrogens with one attached hydrogen (secondary N) is 1. The molecule has 0 unspecified atom stereocenters. The van der Waals surface area contributed by atoms with Crippen molar-refractivity contribution >= 4 is 28.8 Å². The van der Waals surface area contributed by atoms with E-state index in [1.807, 2.05) is 42.3 Å². The standard InChI is InChI=1S/C21H23N7O4/c1-26(11-13-5-7-14(31-3)8-6-13)16-9-18(23-15-12-27(2)25-20(15)32-4)24-28-17(21(29)30)10-22-19(16)28/h5-10,12H,11H2,1-4H3,(H,23,24)(H,29,30). The highest BCUT2D eigenvalue weighted by molar-refractivity contribution is 5.88. The Morgan fingerprint density at radius 1 is 1.19 bits per heavy atom. The average molecular weight is 437 g/mol. The molecule has 0 radical (unpaired) electrons. The van der Waals surface area contributed by atoms with E-state index in [1.54, 1.807) is 25.0 Å². The van der Waals surface area contributed by atoms with Gasteiger partial charge in [0.1, 0.15) is 11.4 Å². The summed E-state index contributed by atoms with van der Waals surface area (Å²) in [6, 6.07) is 9.54. The van der Waals surface area contributed by atoms with Crippen LogP contribution in [0.4, 0.5) is 17.2 Å². The number of carboxylic acid groups (broad SMARTS) is 1. The van der Waals surface area contributed by atoms with Gasteiger partial charge in [-0.15, -0.1) is 10.2 Å². The molecule has 0 bridgehead atoms. The molecule has 11 heteroatoms. The van der Waals surface area contributed by atoms with E-state index >= 15 is 0 Å². The maximum Gasteiger partial charge on any atom is 0.356 e. The largest absolute Gasteiger partial charge is 0.497 e. The molecule has 0 saturated carbocycles. The van der Waals surface area contributed by atoms with Crippen molar-refractivity contribution in [1.29, 1.82) is 0 Å². The van der Waals surface area contributed by atoms with Crippen LogP contribution in [0.3, 0.4) is 0 Å². The normalized spacial score (nSPS) is 10.9. The minimum absolute atomic E-state index is 0.0408. The van der Waals surface area contributed by atoms with Gasteiger partial charge in [-0.2, -0.15) is 0 Å². The molecule has 32 heavy (non-hydrogen) atoms. The van der Waals surface area contributed by atoms with Crippen LogP contribution in [0, 0.1) is 0 Å². The van der Waals surface area contributed by atoms with E-state index < -0.39 is 5.97 Å². The van der Waals surface area contributed by atoms with Gasteiger partial charge >= 0.3 is 5.97 Å². The summed E-state index contributed by atoms with van der Waals surface area (Å²) in [5.74, 6) is 0.469. The maximum absolute atomic E-state index is 11.7. The van der Waals surface area contributed by atoms with Crippen LogP contribution in [0.2, 0.25) is 0 Å². The monoisotopic (exact) mass is 437 g/mol. The Morgan fingerprint density at radius 2 is 1.94 bits per heavy atom. The number of anilines is 3. The summed E-state index contributed by atoms with van der Waals surface area (Å²) in [4.78, 5) is 18.0. The fraction of sp³-hybridized carbons (Fsp3) is 0.238. The number of carboxylic acids is 1. The highest BCUT2D eigenvalue weighted by Gasteiger charge is 2.19. The topological polar surface area (TPSA) is 119 Å². The summed E-state index contributed by atoms with van der Waals surface area (Å²) >= 11 is 0. The molecule has 0 spiro atoms. The van der Waals surface area contributed by atoms with Crippen LogP contribution in [-0.4, -0.2) is 56.7 Å². The Balaban J connectivity index is 1.74. The molecule has 0 aliphatic carbocycles. The number of aromatic carboxylic acids is 1. The molecular formula is C21H23N7O4. The number of nitrogens with zero attached hydrogens (tertiary/aromatic N) is 6. The lowest BCUT2D eigenvalue weighted by Gasteiger charge is -2.21. The molecule has 3 heterocycles. The van der Waals surface area contributed by atoms with Crippen LogP contribution in [0.5, 0.6) is 11.6 Å². The average Bonchev–Trinajstić information content (AvgIpc) is 3.36. The van der Waals surface area contributed by atoms with E-state index in [9.17, 15) is 9.90 Å². The first-order valence-corrected chi connectivity index (χ1v) is 9.70. The molecule has 11 nitrogen and oxygen atoms in total. The van der Waals surface area contributed by atoms with E-state index in [0.29, 0.717) is 35.3 Å². The summed E-state index contributed by atoms with van der Waals surface area (Å²) in [7, 11) is 6.83. The number of imidazole rings is 1. The first-order chi connectivity index (χ1) is 15.4. The summed E-state index contributed by atoms with van der Waals surface area (Å²) in [6.45, 7) is 0.564. The van der Waals surface area contributed by atoms with Crippen LogP contribution in [-0.2, 0) is 13.6 Å². The third-order valence-corrected chi connectivity index (χ3v) is 4.91. The number of methoxy groups -OCH3 is 2. The second-order valence-corrected chi connectivity index (χ2v) is 7.15. The highest BCUT2D eigenvalue weighted by Crippen LogP contribution is 2.29. The van der Waals surface area contributed by atoms with Gasteiger partial charge in [-0.25, -0.2) is 14.3 Å². The molecule has 0 amide bonds. The molecule has 4 rings (SSSR count). The molecule has 2 N–H and O–H groups in total. The number of aromatic nitrogens is 5. The molecule has 4 aromatic rings. The van der Waals surface area contributed by atoms with E-state index in [0.717, 1.165) is 11.3 Å². The molecule has 0 atom stereocenters. The van der Waals surface area contributed by atoms with Gasteiger partial charge in [0.05, 0.1) is 32.3 Å². The van der Waals surface area contributed by atoms with Crippen LogP contribution < -0.4 is 19.7 Å². The minimum atomic E-state index is -1.12. The van der Waals surface area contributed by atoms with Crippen LogP contribution in [0.15, 0.2) is 42.7 Å². The molecule has 0 aliphatic heterocycles. The second-order valence-electron chi connectivity index (χ2n) is 7.15. The third kappa shape index (κ3) is 4.00. The first-order valence-electron chi connectivity index (χ1n) is 9.70. The zero-order chi connectivity index (χ0) is 22.8. The molecule has 1 aromatic carbocycles. The number of rotatable bonds is 8. The Kier molecular flexibility index (Phi) is 5.54. The maximum atomic E-state index is 11.7. The third-order valence-electron chi connectivity index (χ3n) is 4.91. The Hall–Kier alpha value is -4.28. The lowest BCUT2D eigenvalue weighted by atomic mass is 10.2. The van der Waals surface area contributed by atoms with E-state index in [1.165, 1.54) is 17.8 Å². The van der Waals surface area contributed by atoms with Gasteiger partial charge in [0, 0.05) is 26.7 Å². The Morgan fingerprint density at radius 3 is 2.59 bits per heavy atom. The quantitative estimate of drug-likeness (QED) is 0.428. The van der Waals surface area contributed by atoms with Crippen molar-refractivity contribution in [3.05, 3.63) is 54.0 Å². The van der Waals surface area contributed by atoms with Gasteiger partial charge in [0.15, 0.2) is 17.2 Å². The number of fused-ring (bicyclic) bond motifs is 1. The number of hydrogen-bond acceptors (Lipinski definition) is 8. The first kappa shape index (κ1) is 21.0. The zero-order valence-electron chi connectivity index (χ0n) is 18.1. The lowest BCUT2D eigenvalue weighted by Crippen LogP contribution is -2.19. The zero-order valence-corrected chi connectivity index (χ0v) is 18.1. The van der Waals surface area contributed by atoms with Gasteiger partial charge in [0.2, 0.25) is 0 Å². The summed E-state index contributed by atoms with van der Waals surface area (Å²) < 4.78 is 13.4. The smallest absolute Gasteiger partial charge is 0.356 e. The van der Waals surface area contributed by atoms with Gasteiger partial charge in [-0.05, 0) is 17.7 Å². The van der Waals surface area contributed by atoms with Crippen molar-refractivity contribution in [2.45, 2.75) is 6.54 Å². The summed E-state index contributed by atoms with van der Waals surface area (Å²) in [5.41, 5.74) is 2.75. The number of benzene rings is 1. The highest BCUT2D eigenvalue weighted by atomic mass is 16.5. The summed E-state index contributed by atoms with van der Waals surface area (Å²) in [6.07, 6.45) is 3.04. The van der Waals surface area contributed by atoms with Crippen molar-refractivity contribution < 1.29 is 19.4 Å². The fourth-order valence-corrected chi connectivity index (χ4v) is 3.37. The number of carbonyl (C=O) groups is 1. The van der Waals surface area contributed by atoms with E-state index in [-0.39, 0.29) is 5.69 Å². The van der Waals surface area contributed by atoms with Crippen LogP contribution in [0.25, 0.3) is 5.65 Å². The number of ether oxygens (including phenoxy) is 2. The molecule has 0 fully saturated rings. The van der Waals surface area contributed by atoms with E-state index in [4.69, 9.17) is 9.47 Å². The van der Waals surface area contributed by atoms with Crippen molar-refractivity contribution in [3.63, 3.8) is 0 Å². The lowest BCUT2D eigenvalue weighted by molar-refractivity contribution is 0.0688. The molecular weight excluding hydrogens is 414 g/mol. The molecule has 3 aromatic heterocycles. The van der Waals surface area contributed by atoms with Crippen molar-refractivity contribution in [1.82, 2.24) is 24.4 Å². The molecule has 0 saturated heterocycles. The Labute approximate surface area is 183 Å². The molecule has 166 valence electrons. The van der Waals surface area contributed by atoms with Crippen LogP contribution >= 0.6 is 0 Å². The van der Waals surface area contributed by atoms with Crippen molar-refractivity contribution in [2.24, 2.45) is 7.05 Å². The van der Waals surface area contributed by atoms with Crippen LogP contribution in [0.1, 0.15) is 16.1 Å². The van der Waals surface area contributed by atoms with Gasteiger partial charge < -0.3 is 24.8 Å². The fourth-order valence-electron chi connectivity index (χ4n) is 3.37. The molecule has 0 aliphatic rings. The van der Waals surface area contributed by atoms with E-state index in [2.05, 4.69) is 20.5 Å². The van der Waals surface area contributed by atoms with Crippen molar-refractivity contribution in [2.75, 3.05) is 31.5 Å². The predicted molar refractivity (Wildman–Crippen MR) is 118 cm³/mol. The second kappa shape index (κ2) is 8.46. The predicted octanol–water partition coefficient (Wildman–Crippen LogP) is 2.56. The van der Waals surface area contributed by atoms with Crippen molar-refractivity contribution in [3.8, 4) is 11.6 Å². The van der Waals surface area contributed by atoms with Gasteiger partial charge in [-0.3, -0.25) is 4.68 Å². The summed E-state index contributed by atoms with van der Waals surface area (Å²) in [5, 5.41) is 21.4. The minimum Gasteiger partial charge on any atom is -0.497 e. The SMILES string of the molecule is COc1ccc(CN(C)c2cc(Nc3cn(C)nc3OC)nn3c(C(=O)O)cnc23)cc1. The number of hydrogen-bond donors (Lipinski definition) is 2.